The maximum absolute atomic E-state index is 12.0. The molecule has 2 aromatic heterocycles. The van der Waals surface area contributed by atoms with E-state index < -0.39 is 5.91 Å². The lowest BCUT2D eigenvalue weighted by atomic mass is 10.3. The molecule has 126 valence electrons. The molecule has 0 aliphatic carbocycles. The van der Waals surface area contributed by atoms with Crippen LogP contribution in [0, 0.1) is 0 Å². The molecule has 1 aromatic carbocycles. The van der Waals surface area contributed by atoms with Gasteiger partial charge in [0.2, 0.25) is 5.91 Å². The van der Waals surface area contributed by atoms with Crippen molar-refractivity contribution in [1.29, 1.82) is 0 Å². The summed E-state index contributed by atoms with van der Waals surface area (Å²) in [6.45, 7) is 0.242. The van der Waals surface area contributed by atoms with Crippen LogP contribution in [0.15, 0.2) is 59.3 Å². The molecule has 8 nitrogen and oxygen atoms in total. The molecule has 2 N–H and O–H groups in total. The monoisotopic (exact) mass is 337 g/mol. The molecule has 0 aliphatic rings. The highest BCUT2D eigenvalue weighted by atomic mass is 16.5. The van der Waals surface area contributed by atoms with Gasteiger partial charge in [0, 0.05) is 11.9 Å². The summed E-state index contributed by atoms with van der Waals surface area (Å²) in [4.78, 5) is 31.9. The molecule has 0 saturated carbocycles. The van der Waals surface area contributed by atoms with Gasteiger partial charge in [0.1, 0.15) is 0 Å². The lowest BCUT2D eigenvalue weighted by Crippen LogP contribution is -2.23. The van der Waals surface area contributed by atoms with Crippen molar-refractivity contribution in [3.8, 4) is 0 Å². The van der Waals surface area contributed by atoms with Crippen LogP contribution in [0.4, 0.5) is 5.69 Å². The normalized spacial score (nSPS) is 10.2. The van der Waals surface area contributed by atoms with Crippen molar-refractivity contribution in [3.63, 3.8) is 0 Å². The number of aromatic nitrogens is 3. The van der Waals surface area contributed by atoms with Crippen molar-refractivity contribution >= 4 is 17.5 Å². The fraction of sp³-hybridized carbons (Fsp3) is 0.118. The van der Waals surface area contributed by atoms with Crippen molar-refractivity contribution in [1.82, 2.24) is 20.4 Å². The highest BCUT2D eigenvalue weighted by Gasteiger charge is 2.17. The largest absolute Gasteiger partial charge is 0.342 e. The first-order valence-electron chi connectivity index (χ1n) is 7.56. The first-order chi connectivity index (χ1) is 12.2. The van der Waals surface area contributed by atoms with Gasteiger partial charge in [-0.1, -0.05) is 29.4 Å². The van der Waals surface area contributed by atoms with Crippen molar-refractivity contribution < 1.29 is 14.1 Å². The number of carbonyl (C=O) groups is 2. The number of rotatable bonds is 6. The van der Waals surface area contributed by atoms with Gasteiger partial charge in [-0.25, -0.2) is 0 Å². The number of nitrogens with zero attached hydrogens (tertiary/aromatic N) is 3. The number of anilines is 1. The number of nitrogens with one attached hydrogen (secondary N) is 2. The minimum Gasteiger partial charge on any atom is -0.342 e. The molecule has 0 atom stereocenters. The number of benzene rings is 1. The zero-order chi connectivity index (χ0) is 17.5. The van der Waals surface area contributed by atoms with E-state index in [-0.39, 0.29) is 30.6 Å². The van der Waals surface area contributed by atoms with Crippen molar-refractivity contribution in [2.24, 2.45) is 0 Å². The average molecular weight is 337 g/mol. The lowest BCUT2D eigenvalue weighted by Gasteiger charge is -2.02. The lowest BCUT2D eigenvalue weighted by molar-refractivity contribution is -0.115. The Morgan fingerprint density at radius 1 is 1.04 bits per heavy atom. The first-order valence-corrected chi connectivity index (χ1v) is 7.56. The van der Waals surface area contributed by atoms with Gasteiger partial charge >= 0.3 is 11.8 Å². The molecule has 0 bridgehead atoms. The second kappa shape index (κ2) is 7.82. The second-order valence-electron chi connectivity index (χ2n) is 5.11. The molecule has 3 aromatic rings. The maximum atomic E-state index is 12.0. The molecular formula is C17H15N5O3. The fourth-order valence-corrected chi connectivity index (χ4v) is 2.04. The first kappa shape index (κ1) is 16.3. The van der Waals surface area contributed by atoms with Crippen molar-refractivity contribution in [3.05, 3.63) is 72.1 Å². The quantitative estimate of drug-likeness (QED) is 0.706. The van der Waals surface area contributed by atoms with Crippen LogP contribution in [0.1, 0.15) is 22.2 Å². The number of hydrogen-bond acceptors (Lipinski definition) is 6. The van der Waals surface area contributed by atoms with Gasteiger partial charge < -0.3 is 15.2 Å². The van der Waals surface area contributed by atoms with Gasteiger partial charge in [0.05, 0.1) is 18.7 Å². The van der Waals surface area contributed by atoms with Crippen LogP contribution >= 0.6 is 0 Å². The van der Waals surface area contributed by atoms with E-state index in [1.54, 1.807) is 30.5 Å². The van der Waals surface area contributed by atoms with E-state index >= 15 is 0 Å². The SMILES string of the molecule is O=C(Cc1noc(C(=O)NCc2ccccn2)n1)Nc1ccccc1. The Balaban J connectivity index is 1.53. The van der Waals surface area contributed by atoms with E-state index in [1.165, 1.54) is 0 Å². The summed E-state index contributed by atoms with van der Waals surface area (Å²) in [5.41, 5.74) is 1.38. The Bertz CT molecular complexity index is 849. The third-order valence-corrected chi connectivity index (χ3v) is 3.19. The molecule has 3 rings (SSSR count). The van der Waals surface area contributed by atoms with Crippen LogP contribution in [0.25, 0.3) is 0 Å². The topological polar surface area (TPSA) is 110 Å². The van der Waals surface area contributed by atoms with Crippen LogP contribution in [0.5, 0.6) is 0 Å². The summed E-state index contributed by atoms with van der Waals surface area (Å²) in [5, 5.41) is 8.98. The van der Waals surface area contributed by atoms with Gasteiger partial charge in [-0.3, -0.25) is 14.6 Å². The zero-order valence-corrected chi connectivity index (χ0v) is 13.2. The fourth-order valence-electron chi connectivity index (χ4n) is 2.04. The van der Waals surface area contributed by atoms with Crippen LogP contribution in [-0.2, 0) is 17.8 Å². The number of para-hydroxylation sites is 1. The number of carbonyl (C=O) groups excluding carboxylic acids is 2. The highest BCUT2D eigenvalue weighted by Crippen LogP contribution is 2.06. The predicted octanol–water partition coefficient (Wildman–Crippen LogP) is 1.58. The molecule has 0 fully saturated rings. The Hall–Kier alpha value is -3.55. The van der Waals surface area contributed by atoms with Gasteiger partial charge in [-0.05, 0) is 24.3 Å². The van der Waals surface area contributed by atoms with E-state index in [4.69, 9.17) is 4.52 Å². The molecule has 25 heavy (non-hydrogen) atoms. The number of hydrogen-bond donors (Lipinski definition) is 2. The Morgan fingerprint density at radius 3 is 2.60 bits per heavy atom. The minimum atomic E-state index is -0.520. The molecule has 2 heterocycles. The average Bonchev–Trinajstić information content (AvgIpc) is 3.10. The van der Waals surface area contributed by atoms with Gasteiger partial charge in [0.15, 0.2) is 5.82 Å². The summed E-state index contributed by atoms with van der Waals surface area (Å²) < 4.78 is 4.89. The van der Waals surface area contributed by atoms with Crippen molar-refractivity contribution in [2.75, 3.05) is 5.32 Å². The summed E-state index contributed by atoms with van der Waals surface area (Å²) >= 11 is 0. The summed E-state index contributed by atoms with van der Waals surface area (Å²) in [7, 11) is 0. The Kier molecular flexibility index (Phi) is 5.10. The Labute approximate surface area is 143 Å². The molecule has 0 saturated heterocycles. The third kappa shape index (κ3) is 4.71. The Morgan fingerprint density at radius 2 is 1.84 bits per heavy atom. The molecular weight excluding hydrogens is 322 g/mol. The van der Waals surface area contributed by atoms with E-state index in [0.717, 1.165) is 0 Å². The van der Waals surface area contributed by atoms with Gasteiger partial charge in [-0.2, -0.15) is 4.98 Å². The van der Waals surface area contributed by atoms with Crippen LogP contribution in [-0.4, -0.2) is 26.9 Å². The summed E-state index contributed by atoms with van der Waals surface area (Å²) in [6, 6.07) is 14.4. The van der Waals surface area contributed by atoms with Crippen LogP contribution < -0.4 is 10.6 Å². The van der Waals surface area contributed by atoms with E-state index in [0.29, 0.717) is 11.4 Å². The van der Waals surface area contributed by atoms with Gasteiger partial charge in [0.25, 0.3) is 0 Å². The molecule has 0 radical (unpaired) electrons. The predicted molar refractivity (Wildman–Crippen MR) is 88.5 cm³/mol. The molecule has 0 unspecified atom stereocenters. The van der Waals surface area contributed by atoms with E-state index in [2.05, 4.69) is 25.8 Å². The molecule has 2 amide bonds. The third-order valence-electron chi connectivity index (χ3n) is 3.19. The standard InChI is InChI=1S/C17H15N5O3/c23-15(20-12-6-2-1-3-7-12)10-14-21-17(25-22-14)16(24)19-11-13-8-4-5-9-18-13/h1-9H,10-11H2,(H,19,24)(H,20,23). The highest BCUT2D eigenvalue weighted by molar-refractivity contribution is 5.92. The smallest absolute Gasteiger partial charge is 0.315 e. The summed E-state index contributed by atoms with van der Waals surface area (Å²) in [5.74, 6) is -0.879. The van der Waals surface area contributed by atoms with Crippen LogP contribution in [0.2, 0.25) is 0 Å². The summed E-state index contributed by atoms with van der Waals surface area (Å²) in [6.07, 6.45) is 1.55. The van der Waals surface area contributed by atoms with Crippen LogP contribution in [0.3, 0.4) is 0 Å². The minimum absolute atomic E-state index is 0.0914. The molecule has 0 aliphatic heterocycles. The second-order valence-corrected chi connectivity index (χ2v) is 5.11. The number of pyridine rings is 1. The molecule has 0 spiro atoms. The zero-order valence-electron chi connectivity index (χ0n) is 13.2. The van der Waals surface area contributed by atoms with E-state index in [9.17, 15) is 9.59 Å². The van der Waals surface area contributed by atoms with Crippen molar-refractivity contribution in [2.45, 2.75) is 13.0 Å². The number of amides is 2. The molecule has 8 heteroatoms. The maximum Gasteiger partial charge on any atom is 0.315 e. The van der Waals surface area contributed by atoms with E-state index in [1.807, 2.05) is 24.3 Å². The van der Waals surface area contributed by atoms with Gasteiger partial charge in [-0.15, -0.1) is 0 Å².